The van der Waals surface area contributed by atoms with Gasteiger partial charge in [0.15, 0.2) is 0 Å². The van der Waals surface area contributed by atoms with Crippen molar-refractivity contribution in [3.63, 3.8) is 0 Å². The molecule has 0 bridgehead atoms. The average Bonchev–Trinajstić information content (AvgIpc) is 2.82. The number of carbonyl (C=O) groups excluding carboxylic acids is 1. The number of carbonyl (C=O) groups is 1. The Morgan fingerprint density at radius 2 is 2.50 bits per heavy atom. The SMILES string of the molecule is CCN(CC1CCCNC1)C(=O)c1oncc1C. The summed E-state index contributed by atoms with van der Waals surface area (Å²) in [7, 11) is 0. The van der Waals surface area contributed by atoms with Gasteiger partial charge in [-0.05, 0) is 45.7 Å². The smallest absolute Gasteiger partial charge is 0.292 e. The first-order valence-corrected chi connectivity index (χ1v) is 6.63. The number of aromatic nitrogens is 1. The maximum absolute atomic E-state index is 12.3. The van der Waals surface area contributed by atoms with Crippen molar-refractivity contribution in [2.45, 2.75) is 26.7 Å². The fourth-order valence-corrected chi connectivity index (χ4v) is 2.39. The summed E-state index contributed by atoms with van der Waals surface area (Å²) in [4.78, 5) is 14.2. The molecular weight excluding hydrogens is 230 g/mol. The molecule has 2 heterocycles. The van der Waals surface area contributed by atoms with Gasteiger partial charge in [-0.15, -0.1) is 0 Å². The molecule has 1 saturated heterocycles. The van der Waals surface area contributed by atoms with Crippen molar-refractivity contribution in [3.05, 3.63) is 17.5 Å². The Kier molecular flexibility index (Phi) is 4.36. The van der Waals surface area contributed by atoms with Crippen LogP contribution in [0.4, 0.5) is 0 Å². The number of nitrogens with one attached hydrogen (secondary N) is 1. The molecule has 1 unspecified atom stereocenters. The molecule has 0 aliphatic carbocycles. The van der Waals surface area contributed by atoms with Gasteiger partial charge in [0.1, 0.15) is 0 Å². The molecule has 1 N–H and O–H groups in total. The van der Waals surface area contributed by atoms with Crippen LogP contribution in [0.5, 0.6) is 0 Å². The van der Waals surface area contributed by atoms with Crippen LogP contribution < -0.4 is 5.32 Å². The second-order valence-electron chi connectivity index (χ2n) is 4.89. The van der Waals surface area contributed by atoms with Crippen LogP contribution in [0.3, 0.4) is 0 Å². The van der Waals surface area contributed by atoms with Crippen LogP contribution >= 0.6 is 0 Å². The molecular formula is C13H21N3O2. The molecule has 100 valence electrons. The highest BCUT2D eigenvalue weighted by Crippen LogP contribution is 2.15. The quantitative estimate of drug-likeness (QED) is 0.880. The van der Waals surface area contributed by atoms with Gasteiger partial charge < -0.3 is 14.7 Å². The minimum atomic E-state index is -0.0435. The molecule has 1 aromatic rings. The summed E-state index contributed by atoms with van der Waals surface area (Å²) in [6.07, 6.45) is 3.97. The Hall–Kier alpha value is -1.36. The minimum absolute atomic E-state index is 0.0435. The Morgan fingerprint density at radius 1 is 1.67 bits per heavy atom. The highest BCUT2D eigenvalue weighted by Gasteiger charge is 2.24. The van der Waals surface area contributed by atoms with Gasteiger partial charge in [0, 0.05) is 18.7 Å². The molecule has 5 nitrogen and oxygen atoms in total. The minimum Gasteiger partial charge on any atom is -0.351 e. The second-order valence-corrected chi connectivity index (χ2v) is 4.89. The Labute approximate surface area is 108 Å². The number of hydrogen-bond donors (Lipinski definition) is 1. The lowest BCUT2D eigenvalue weighted by atomic mass is 9.99. The Bertz CT molecular complexity index is 397. The van der Waals surface area contributed by atoms with Crippen molar-refractivity contribution < 1.29 is 9.32 Å². The predicted octanol–water partition coefficient (Wildman–Crippen LogP) is 1.44. The fraction of sp³-hybridized carbons (Fsp3) is 0.692. The standard InChI is InChI=1S/C13H21N3O2/c1-3-16(9-11-5-4-6-14-8-11)13(17)12-10(2)7-15-18-12/h7,11,14H,3-6,8-9H2,1-2H3. The number of nitrogens with zero attached hydrogens (tertiary/aromatic N) is 2. The number of hydrogen-bond acceptors (Lipinski definition) is 4. The lowest BCUT2D eigenvalue weighted by molar-refractivity contribution is 0.0686. The lowest BCUT2D eigenvalue weighted by Gasteiger charge is -2.29. The maximum Gasteiger partial charge on any atom is 0.292 e. The molecule has 1 amide bonds. The number of piperidine rings is 1. The van der Waals surface area contributed by atoms with Gasteiger partial charge in [0.2, 0.25) is 5.76 Å². The molecule has 1 aliphatic heterocycles. The van der Waals surface area contributed by atoms with Crippen LogP contribution in [-0.4, -0.2) is 42.1 Å². The van der Waals surface area contributed by atoms with Gasteiger partial charge in [-0.1, -0.05) is 5.16 Å². The second kappa shape index (κ2) is 6.00. The maximum atomic E-state index is 12.3. The monoisotopic (exact) mass is 251 g/mol. The number of amides is 1. The van der Waals surface area contributed by atoms with E-state index in [1.54, 1.807) is 6.20 Å². The van der Waals surface area contributed by atoms with Crippen LogP contribution in [0, 0.1) is 12.8 Å². The lowest BCUT2D eigenvalue weighted by Crippen LogP contribution is -2.41. The first-order valence-electron chi connectivity index (χ1n) is 6.63. The van der Waals surface area contributed by atoms with Crippen molar-refractivity contribution in [3.8, 4) is 0 Å². The summed E-state index contributed by atoms with van der Waals surface area (Å²) in [5, 5.41) is 7.05. The van der Waals surface area contributed by atoms with Crippen LogP contribution in [0.25, 0.3) is 0 Å². The number of rotatable bonds is 4. The van der Waals surface area contributed by atoms with Gasteiger partial charge in [-0.3, -0.25) is 4.79 Å². The predicted molar refractivity (Wildman–Crippen MR) is 68.4 cm³/mol. The van der Waals surface area contributed by atoms with Gasteiger partial charge in [-0.2, -0.15) is 0 Å². The highest BCUT2D eigenvalue weighted by atomic mass is 16.5. The first kappa shape index (κ1) is 13.1. The van der Waals surface area contributed by atoms with E-state index in [0.29, 0.717) is 18.2 Å². The Balaban J connectivity index is 1.99. The average molecular weight is 251 g/mol. The van der Waals surface area contributed by atoms with E-state index in [1.165, 1.54) is 12.8 Å². The summed E-state index contributed by atoms with van der Waals surface area (Å²) < 4.78 is 5.04. The molecule has 0 aromatic carbocycles. The van der Waals surface area contributed by atoms with Crippen LogP contribution in [0.2, 0.25) is 0 Å². The van der Waals surface area contributed by atoms with E-state index in [1.807, 2.05) is 18.7 Å². The van der Waals surface area contributed by atoms with Gasteiger partial charge >= 0.3 is 0 Å². The van der Waals surface area contributed by atoms with Crippen molar-refractivity contribution in [1.82, 2.24) is 15.4 Å². The van der Waals surface area contributed by atoms with E-state index in [4.69, 9.17) is 4.52 Å². The molecule has 0 spiro atoms. The molecule has 1 atom stereocenters. The normalized spacial score (nSPS) is 19.8. The summed E-state index contributed by atoms with van der Waals surface area (Å²) in [6, 6.07) is 0. The molecule has 5 heteroatoms. The van der Waals surface area contributed by atoms with Crippen LogP contribution in [-0.2, 0) is 0 Å². The zero-order chi connectivity index (χ0) is 13.0. The largest absolute Gasteiger partial charge is 0.351 e. The van der Waals surface area contributed by atoms with E-state index < -0.39 is 0 Å². The number of aryl methyl sites for hydroxylation is 1. The van der Waals surface area contributed by atoms with Crippen molar-refractivity contribution >= 4 is 5.91 Å². The van der Waals surface area contributed by atoms with Crippen LogP contribution in [0.1, 0.15) is 35.9 Å². The van der Waals surface area contributed by atoms with Crippen molar-refractivity contribution in [2.24, 2.45) is 5.92 Å². The highest BCUT2D eigenvalue weighted by molar-refractivity contribution is 5.92. The third-order valence-electron chi connectivity index (χ3n) is 3.49. The van der Waals surface area contributed by atoms with E-state index in [0.717, 1.165) is 25.2 Å². The van der Waals surface area contributed by atoms with E-state index in [9.17, 15) is 4.79 Å². The zero-order valence-corrected chi connectivity index (χ0v) is 11.1. The summed E-state index contributed by atoms with van der Waals surface area (Å²) in [5.74, 6) is 0.879. The molecule has 0 saturated carbocycles. The van der Waals surface area contributed by atoms with E-state index in [-0.39, 0.29) is 5.91 Å². The molecule has 1 aromatic heterocycles. The van der Waals surface area contributed by atoms with E-state index >= 15 is 0 Å². The van der Waals surface area contributed by atoms with Crippen molar-refractivity contribution in [2.75, 3.05) is 26.2 Å². The van der Waals surface area contributed by atoms with Gasteiger partial charge in [0.25, 0.3) is 5.91 Å². The Morgan fingerprint density at radius 3 is 3.06 bits per heavy atom. The first-order chi connectivity index (χ1) is 8.72. The third kappa shape index (κ3) is 2.90. The summed E-state index contributed by atoms with van der Waals surface area (Å²) >= 11 is 0. The molecule has 2 rings (SSSR count). The van der Waals surface area contributed by atoms with Gasteiger partial charge in [0.05, 0.1) is 6.20 Å². The van der Waals surface area contributed by atoms with Crippen molar-refractivity contribution in [1.29, 1.82) is 0 Å². The van der Waals surface area contributed by atoms with Crippen LogP contribution in [0.15, 0.2) is 10.7 Å². The summed E-state index contributed by atoms with van der Waals surface area (Å²) in [5.41, 5.74) is 0.806. The molecule has 1 fully saturated rings. The topological polar surface area (TPSA) is 58.4 Å². The fourth-order valence-electron chi connectivity index (χ4n) is 2.39. The zero-order valence-electron chi connectivity index (χ0n) is 11.1. The van der Waals surface area contributed by atoms with Gasteiger partial charge in [-0.25, -0.2) is 0 Å². The summed E-state index contributed by atoms with van der Waals surface area (Å²) in [6.45, 7) is 7.44. The van der Waals surface area contributed by atoms with E-state index in [2.05, 4.69) is 10.5 Å². The third-order valence-corrected chi connectivity index (χ3v) is 3.49. The molecule has 18 heavy (non-hydrogen) atoms. The molecule has 0 radical (unpaired) electrons. The molecule has 1 aliphatic rings.